The molecule has 0 amide bonds. The van der Waals surface area contributed by atoms with E-state index in [9.17, 15) is 8.42 Å². The molecule has 0 aromatic heterocycles. The normalized spacial score (nSPS) is 16.6. The van der Waals surface area contributed by atoms with Crippen LogP contribution in [-0.4, -0.2) is 31.1 Å². The first-order valence-electron chi connectivity index (χ1n) is 6.35. The van der Waals surface area contributed by atoms with Crippen molar-refractivity contribution < 1.29 is 8.42 Å². The predicted octanol–water partition coefficient (Wildman–Crippen LogP) is 2.51. The van der Waals surface area contributed by atoms with E-state index in [1.807, 2.05) is 49.4 Å². The Kier molecular flexibility index (Phi) is 4.19. The Morgan fingerprint density at radius 1 is 1.28 bits per heavy atom. The lowest BCUT2D eigenvalue weighted by molar-refractivity contribution is 0.459. The van der Waals surface area contributed by atoms with Crippen molar-refractivity contribution in [1.29, 1.82) is 0 Å². The second kappa shape index (κ2) is 5.67. The number of sulfonamides is 1. The lowest BCUT2D eigenvalue weighted by Crippen LogP contribution is -2.33. The van der Waals surface area contributed by atoms with E-state index in [0.29, 0.717) is 13.1 Å². The largest absolute Gasteiger partial charge is 0.217 e. The SMILES string of the molecule is CCN(C/C=C/c1ccccc1)S(=O)(=O)C1CC1. The molecule has 0 N–H and O–H groups in total. The van der Waals surface area contributed by atoms with Gasteiger partial charge in [-0.15, -0.1) is 0 Å². The third kappa shape index (κ3) is 3.21. The molecule has 98 valence electrons. The summed E-state index contributed by atoms with van der Waals surface area (Å²) < 4.78 is 25.7. The number of rotatable bonds is 6. The van der Waals surface area contributed by atoms with Gasteiger partial charge in [-0.3, -0.25) is 0 Å². The molecule has 0 atom stereocenters. The Morgan fingerprint density at radius 2 is 1.94 bits per heavy atom. The van der Waals surface area contributed by atoms with Crippen LogP contribution in [0.15, 0.2) is 36.4 Å². The number of hydrogen-bond donors (Lipinski definition) is 0. The summed E-state index contributed by atoms with van der Waals surface area (Å²) in [6.45, 7) is 2.89. The maximum absolute atomic E-state index is 12.1. The van der Waals surface area contributed by atoms with Gasteiger partial charge in [0.05, 0.1) is 5.25 Å². The van der Waals surface area contributed by atoms with Crippen molar-refractivity contribution >= 4 is 16.1 Å². The fourth-order valence-corrected chi connectivity index (χ4v) is 3.67. The predicted molar refractivity (Wildman–Crippen MR) is 74.7 cm³/mol. The lowest BCUT2D eigenvalue weighted by atomic mass is 10.2. The van der Waals surface area contributed by atoms with Gasteiger partial charge in [-0.2, -0.15) is 4.31 Å². The fourth-order valence-electron chi connectivity index (χ4n) is 1.86. The molecule has 1 aromatic rings. The van der Waals surface area contributed by atoms with E-state index >= 15 is 0 Å². The minimum Gasteiger partial charge on any atom is -0.212 e. The number of nitrogens with zero attached hydrogens (tertiary/aromatic N) is 1. The van der Waals surface area contributed by atoms with Gasteiger partial charge in [0.2, 0.25) is 10.0 Å². The van der Waals surface area contributed by atoms with Crippen molar-refractivity contribution in [3.63, 3.8) is 0 Å². The second-order valence-corrected chi connectivity index (χ2v) is 6.72. The zero-order valence-corrected chi connectivity index (χ0v) is 11.4. The van der Waals surface area contributed by atoms with Crippen molar-refractivity contribution in [3.05, 3.63) is 42.0 Å². The van der Waals surface area contributed by atoms with Crippen LogP contribution in [0.25, 0.3) is 6.08 Å². The lowest BCUT2D eigenvalue weighted by Gasteiger charge is -2.18. The molecule has 1 aromatic carbocycles. The Balaban J connectivity index is 1.97. The van der Waals surface area contributed by atoms with Gasteiger partial charge in [0.25, 0.3) is 0 Å². The van der Waals surface area contributed by atoms with Gasteiger partial charge < -0.3 is 0 Å². The van der Waals surface area contributed by atoms with Crippen LogP contribution in [-0.2, 0) is 10.0 Å². The average molecular weight is 265 g/mol. The molecule has 0 heterocycles. The molecule has 3 nitrogen and oxygen atoms in total. The van der Waals surface area contributed by atoms with E-state index < -0.39 is 10.0 Å². The first-order valence-corrected chi connectivity index (χ1v) is 7.85. The molecule has 1 saturated carbocycles. The minimum absolute atomic E-state index is 0.123. The average Bonchev–Trinajstić information content (AvgIpc) is 3.20. The van der Waals surface area contributed by atoms with Crippen LogP contribution in [0.1, 0.15) is 25.3 Å². The standard InChI is InChI=1S/C14H19NO2S/c1-2-15(18(16,17)14-10-11-14)12-6-9-13-7-4-3-5-8-13/h3-9,14H,2,10-12H2,1H3/b9-6+. The summed E-state index contributed by atoms with van der Waals surface area (Å²) in [5.41, 5.74) is 1.09. The summed E-state index contributed by atoms with van der Waals surface area (Å²) in [5.74, 6) is 0. The number of hydrogen-bond acceptors (Lipinski definition) is 2. The number of benzene rings is 1. The Morgan fingerprint density at radius 3 is 2.50 bits per heavy atom. The highest BCUT2D eigenvalue weighted by molar-refractivity contribution is 7.90. The molecule has 0 saturated heterocycles. The molecule has 0 radical (unpaired) electrons. The van der Waals surface area contributed by atoms with Crippen molar-refractivity contribution in [3.8, 4) is 0 Å². The number of likely N-dealkylation sites (N-methyl/N-ethyl adjacent to an activating group) is 1. The summed E-state index contributed by atoms with van der Waals surface area (Å²) in [6, 6.07) is 9.91. The highest BCUT2D eigenvalue weighted by atomic mass is 32.2. The minimum atomic E-state index is -3.05. The highest BCUT2D eigenvalue weighted by Crippen LogP contribution is 2.30. The monoisotopic (exact) mass is 265 g/mol. The first kappa shape index (κ1) is 13.3. The molecule has 4 heteroatoms. The smallest absolute Gasteiger partial charge is 0.212 e. The molecular formula is C14H19NO2S. The molecule has 1 fully saturated rings. The van der Waals surface area contributed by atoms with Crippen LogP contribution >= 0.6 is 0 Å². The summed E-state index contributed by atoms with van der Waals surface area (Å²) >= 11 is 0. The van der Waals surface area contributed by atoms with E-state index in [-0.39, 0.29) is 5.25 Å². The van der Waals surface area contributed by atoms with Crippen LogP contribution in [0, 0.1) is 0 Å². The Bertz CT molecular complexity index is 504. The van der Waals surface area contributed by atoms with Gasteiger partial charge in [-0.25, -0.2) is 8.42 Å². The quantitative estimate of drug-likeness (QED) is 0.792. The van der Waals surface area contributed by atoms with Crippen molar-refractivity contribution in [2.75, 3.05) is 13.1 Å². The maximum atomic E-state index is 12.1. The molecular weight excluding hydrogens is 246 g/mol. The molecule has 0 bridgehead atoms. The molecule has 1 aliphatic carbocycles. The van der Waals surface area contributed by atoms with E-state index in [2.05, 4.69) is 0 Å². The second-order valence-electron chi connectivity index (χ2n) is 4.51. The first-order chi connectivity index (χ1) is 8.64. The van der Waals surface area contributed by atoms with Crippen molar-refractivity contribution in [1.82, 2.24) is 4.31 Å². The maximum Gasteiger partial charge on any atom is 0.217 e. The zero-order valence-electron chi connectivity index (χ0n) is 10.6. The fraction of sp³-hybridized carbons (Fsp3) is 0.429. The van der Waals surface area contributed by atoms with Gasteiger partial charge in [0.1, 0.15) is 0 Å². The summed E-state index contributed by atoms with van der Waals surface area (Å²) in [5, 5.41) is -0.123. The third-order valence-corrected chi connectivity index (χ3v) is 5.52. The van der Waals surface area contributed by atoms with Gasteiger partial charge in [0, 0.05) is 13.1 Å². The van der Waals surface area contributed by atoms with Gasteiger partial charge in [-0.05, 0) is 18.4 Å². The van der Waals surface area contributed by atoms with E-state index in [0.717, 1.165) is 18.4 Å². The topological polar surface area (TPSA) is 37.4 Å². The van der Waals surface area contributed by atoms with Gasteiger partial charge >= 0.3 is 0 Å². The summed E-state index contributed by atoms with van der Waals surface area (Å²) in [4.78, 5) is 0. The summed E-state index contributed by atoms with van der Waals surface area (Å²) in [6.07, 6.45) is 5.52. The van der Waals surface area contributed by atoms with E-state index in [4.69, 9.17) is 0 Å². The van der Waals surface area contributed by atoms with Crippen LogP contribution in [0.3, 0.4) is 0 Å². The van der Waals surface area contributed by atoms with Crippen LogP contribution in [0.4, 0.5) is 0 Å². The van der Waals surface area contributed by atoms with Crippen LogP contribution in [0.5, 0.6) is 0 Å². The zero-order chi connectivity index (χ0) is 13.0. The highest BCUT2D eigenvalue weighted by Gasteiger charge is 2.38. The van der Waals surface area contributed by atoms with Gasteiger partial charge in [0.15, 0.2) is 0 Å². The van der Waals surface area contributed by atoms with Crippen LogP contribution in [0.2, 0.25) is 0 Å². The molecule has 0 unspecified atom stereocenters. The van der Waals surface area contributed by atoms with Gasteiger partial charge in [-0.1, -0.05) is 49.4 Å². The van der Waals surface area contributed by atoms with Crippen LogP contribution < -0.4 is 0 Å². The van der Waals surface area contributed by atoms with Crippen molar-refractivity contribution in [2.24, 2.45) is 0 Å². The summed E-state index contributed by atoms with van der Waals surface area (Å²) in [7, 11) is -3.05. The molecule has 1 aliphatic rings. The Hall–Kier alpha value is -1.13. The molecule has 2 rings (SSSR count). The molecule has 0 aliphatic heterocycles. The van der Waals surface area contributed by atoms with E-state index in [1.54, 1.807) is 4.31 Å². The molecule has 18 heavy (non-hydrogen) atoms. The van der Waals surface area contributed by atoms with Crippen molar-refractivity contribution in [2.45, 2.75) is 25.0 Å². The van der Waals surface area contributed by atoms with E-state index in [1.165, 1.54) is 0 Å². The third-order valence-electron chi connectivity index (χ3n) is 3.08. The molecule has 0 spiro atoms. The Labute approximate surface area is 109 Å².